The summed E-state index contributed by atoms with van der Waals surface area (Å²) in [5.74, 6) is 0.302. The number of halogens is 2. The molecular weight excluding hydrogens is 364 g/mol. The molecule has 2 aromatic heterocycles. The third-order valence-electron chi connectivity index (χ3n) is 4.65. The molecule has 0 amide bonds. The van der Waals surface area contributed by atoms with Gasteiger partial charge in [-0.15, -0.1) is 0 Å². The molecule has 1 aliphatic carbocycles. The van der Waals surface area contributed by atoms with E-state index in [0.29, 0.717) is 28.9 Å². The zero-order chi connectivity index (χ0) is 19.5. The van der Waals surface area contributed by atoms with Gasteiger partial charge in [-0.1, -0.05) is 18.2 Å². The Morgan fingerprint density at radius 1 is 1.18 bits per heavy atom. The minimum atomic E-state index is -2.59. The van der Waals surface area contributed by atoms with E-state index in [-0.39, 0.29) is 11.5 Å². The minimum Gasteiger partial charge on any atom is -0.485 e. The summed E-state index contributed by atoms with van der Waals surface area (Å²) in [6.07, 6.45) is 2.40. The van der Waals surface area contributed by atoms with Gasteiger partial charge in [0, 0.05) is 29.6 Å². The number of Topliss-reactive ketones (excluding diaryl/α,β-unsaturated/α-hetero) is 1. The molecule has 7 heteroatoms. The Kier molecular flexibility index (Phi) is 5.06. The molecule has 0 fully saturated rings. The van der Waals surface area contributed by atoms with Crippen LogP contribution in [0.15, 0.2) is 48.8 Å². The van der Waals surface area contributed by atoms with Crippen LogP contribution in [-0.2, 0) is 6.42 Å². The number of nitrogens with one attached hydrogen (secondary N) is 2. The van der Waals surface area contributed by atoms with Crippen molar-refractivity contribution in [2.24, 2.45) is 0 Å². The van der Waals surface area contributed by atoms with Crippen LogP contribution in [-0.4, -0.2) is 28.8 Å². The van der Waals surface area contributed by atoms with Crippen LogP contribution in [0.2, 0.25) is 0 Å². The van der Waals surface area contributed by atoms with E-state index in [1.165, 1.54) is 6.20 Å². The maximum absolute atomic E-state index is 12.6. The van der Waals surface area contributed by atoms with Gasteiger partial charge in [-0.3, -0.25) is 9.78 Å². The number of carbonyl (C=O) groups is 1. The number of benzene rings is 1. The molecule has 0 saturated heterocycles. The summed E-state index contributed by atoms with van der Waals surface area (Å²) in [4.78, 5) is 19.9. The lowest BCUT2D eigenvalue weighted by atomic mass is 9.95. The summed E-state index contributed by atoms with van der Waals surface area (Å²) >= 11 is 0. The summed E-state index contributed by atoms with van der Waals surface area (Å²) in [7, 11) is 0. The molecule has 28 heavy (non-hydrogen) atoms. The average Bonchev–Trinajstić information content (AvgIpc) is 3.07. The van der Waals surface area contributed by atoms with Crippen LogP contribution in [0, 0.1) is 0 Å². The topological polar surface area (TPSA) is 67.0 Å². The van der Waals surface area contributed by atoms with Gasteiger partial charge in [0.05, 0.1) is 23.1 Å². The van der Waals surface area contributed by atoms with Gasteiger partial charge >= 0.3 is 0 Å². The van der Waals surface area contributed by atoms with Crippen molar-refractivity contribution in [2.75, 3.05) is 11.9 Å². The predicted molar refractivity (Wildman–Crippen MR) is 103 cm³/mol. The van der Waals surface area contributed by atoms with E-state index >= 15 is 0 Å². The van der Waals surface area contributed by atoms with Crippen molar-refractivity contribution in [1.82, 2.24) is 9.97 Å². The molecular formula is C21H19F2N3O2. The average molecular weight is 383 g/mol. The number of anilines is 2. The molecule has 2 heterocycles. The molecule has 0 aliphatic heterocycles. The fourth-order valence-corrected chi connectivity index (χ4v) is 3.44. The monoisotopic (exact) mass is 383 g/mol. The minimum absolute atomic E-state index is 0.0614. The highest BCUT2D eigenvalue weighted by molar-refractivity contribution is 6.07. The summed E-state index contributed by atoms with van der Waals surface area (Å²) in [5, 5.41) is 3.33. The molecule has 1 aromatic carbocycles. The molecule has 2 N–H and O–H groups in total. The van der Waals surface area contributed by atoms with Crippen molar-refractivity contribution in [3.05, 3.63) is 60.0 Å². The van der Waals surface area contributed by atoms with Crippen LogP contribution < -0.4 is 10.1 Å². The molecule has 0 saturated carbocycles. The van der Waals surface area contributed by atoms with E-state index in [0.717, 1.165) is 24.2 Å². The van der Waals surface area contributed by atoms with Crippen molar-refractivity contribution >= 4 is 17.2 Å². The number of nitrogens with zero attached hydrogens (tertiary/aromatic N) is 1. The number of rotatable bonds is 6. The normalized spacial score (nSPS) is 13.5. The van der Waals surface area contributed by atoms with Crippen LogP contribution in [0.25, 0.3) is 11.3 Å². The molecule has 0 atom stereocenters. The Bertz CT molecular complexity index is 987. The number of fused-ring (bicyclic) bond motifs is 1. The highest BCUT2D eigenvalue weighted by Gasteiger charge is 2.28. The van der Waals surface area contributed by atoms with Crippen molar-refractivity contribution in [1.29, 1.82) is 0 Å². The van der Waals surface area contributed by atoms with E-state index in [1.807, 2.05) is 30.3 Å². The second-order valence-corrected chi connectivity index (χ2v) is 6.57. The quantitative estimate of drug-likeness (QED) is 0.630. The number of H-pyrrole nitrogens is 1. The first kappa shape index (κ1) is 18.2. The largest absolute Gasteiger partial charge is 0.485 e. The van der Waals surface area contributed by atoms with Gasteiger partial charge in [0.2, 0.25) is 0 Å². The summed E-state index contributed by atoms with van der Waals surface area (Å²) < 4.78 is 30.6. The first-order valence-corrected chi connectivity index (χ1v) is 9.09. The highest BCUT2D eigenvalue weighted by atomic mass is 19.3. The molecule has 144 valence electrons. The van der Waals surface area contributed by atoms with Gasteiger partial charge in [0.15, 0.2) is 5.78 Å². The number of alkyl halides is 2. The number of hydrogen-bond donors (Lipinski definition) is 2. The fraction of sp³-hybridized carbons (Fsp3) is 0.238. The Morgan fingerprint density at radius 3 is 2.79 bits per heavy atom. The lowest BCUT2D eigenvalue weighted by Gasteiger charge is -2.14. The highest BCUT2D eigenvalue weighted by Crippen LogP contribution is 2.41. The maximum Gasteiger partial charge on any atom is 0.272 e. The van der Waals surface area contributed by atoms with E-state index in [4.69, 9.17) is 4.74 Å². The van der Waals surface area contributed by atoms with Gasteiger partial charge in [0.1, 0.15) is 12.4 Å². The van der Waals surface area contributed by atoms with Crippen LogP contribution in [0.4, 0.5) is 20.2 Å². The zero-order valence-corrected chi connectivity index (χ0v) is 15.0. The molecule has 3 aromatic rings. The Balaban J connectivity index is 1.82. The van der Waals surface area contributed by atoms with Gasteiger partial charge < -0.3 is 15.0 Å². The summed E-state index contributed by atoms with van der Waals surface area (Å²) in [6.45, 7) is -0.723. The van der Waals surface area contributed by atoms with Gasteiger partial charge in [0.25, 0.3) is 6.43 Å². The third-order valence-corrected chi connectivity index (χ3v) is 4.65. The number of ketones is 1. The van der Waals surface area contributed by atoms with Crippen LogP contribution in [0.5, 0.6) is 5.75 Å². The first-order valence-electron chi connectivity index (χ1n) is 9.09. The second-order valence-electron chi connectivity index (χ2n) is 6.57. The number of ether oxygens (including phenoxy) is 1. The number of para-hydroxylation sites is 1. The number of aryl methyl sites for hydroxylation is 1. The van der Waals surface area contributed by atoms with Gasteiger partial charge in [-0.05, 0) is 31.0 Å². The SMILES string of the molecule is O=C1CCCc2[nH]c(-c3ccncc3OCC(F)F)c(Nc3ccccc3)c21. The molecule has 5 nitrogen and oxygen atoms in total. The van der Waals surface area contributed by atoms with E-state index in [1.54, 1.807) is 12.3 Å². The van der Waals surface area contributed by atoms with Gasteiger partial charge in [-0.25, -0.2) is 8.78 Å². The smallest absolute Gasteiger partial charge is 0.272 e. The summed E-state index contributed by atoms with van der Waals surface area (Å²) in [5.41, 5.74) is 4.15. The molecule has 1 aliphatic rings. The Morgan fingerprint density at radius 2 is 2.00 bits per heavy atom. The summed E-state index contributed by atoms with van der Waals surface area (Å²) in [6, 6.07) is 11.2. The number of aromatic nitrogens is 2. The Hall–Kier alpha value is -3.22. The lowest BCUT2D eigenvalue weighted by molar-refractivity contribution is 0.0820. The van der Waals surface area contributed by atoms with Crippen molar-refractivity contribution in [3.63, 3.8) is 0 Å². The maximum atomic E-state index is 12.6. The molecule has 0 radical (unpaired) electrons. The third kappa shape index (κ3) is 3.60. The number of aromatic amines is 1. The predicted octanol–water partition coefficient (Wildman–Crippen LogP) is 4.98. The van der Waals surface area contributed by atoms with E-state index in [2.05, 4.69) is 15.3 Å². The molecule has 4 rings (SSSR count). The van der Waals surface area contributed by atoms with Crippen LogP contribution in [0.1, 0.15) is 28.9 Å². The molecule has 0 bridgehead atoms. The standard InChI is InChI=1S/C21H19F2N3O2/c22-18(23)12-28-17-11-24-10-9-14(17)20-21(25-13-5-2-1-3-6-13)19-15(26-20)7-4-8-16(19)27/h1-3,5-6,9-11,18,25-26H,4,7-8,12H2. The number of carbonyl (C=O) groups excluding carboxylic acids is 1. The fourth-order valence-electron chi connectivity index (χ4n) is 3.44. The van der Waals surface area contributed by atoms with E-state index < -0.39 is 13.0 Å². The lowest BCUT2D eigenvalue weighted by Crippen LogP contribution is -2.10. The second kappa shape index (κ2) is 7.80. The molecule has 0 unspecified atom stereocenters. The molecule has 0 spiro atoms. The number of hydrogen-bond acceptors (Lipinski definition) is 4. The Labute approximate surface area is 160 Å². The number of pyridine rings is 1. The van der Waals surface area contributed by atoms with Crippen molar-refractivity contribution in [3.8, 4) is 17.0 Å². The first-order chi connectivity index (χ1) is 13.6. The van der Waals surface area contributed by atoms with Crippen LogP contribution >= 0.6 is 0 Å². The van der Waals surface area contributed by atoms with Crippen LogP contribution in [0.3, 0.4) is 0 Å². The van der Waals surface area contributed by atoms with Crippen molar-refractivity contribution in [2.45, 2.75) is 25.7 Å². The zero-order valence-electron chi connectivity index (χ0n) is 15.0. The van der Waals surface area contributed by atoms with Gasteiger partial charge in [-0.2, -0.15) is 0 Å². The van der Waals surface area contributed by atoms with Crippen molar-refractivity contribution < 1.29 is 18.3 Å². The van der Waals surface area contributed by atoms with E-state index in [9.17, 15) is 13.6 Å².